The van der Waals surface area contributed by atoms with Crippen LogP contribution < -0.4 is 5.32 Å². The maximum atomic E-state index is 13.5. The van der Waals surface area contributed by atoms with Gasteiger partial charge < -0.3 is 15.2 Å². The molecule has 4 aromatic carbocycles. The molecule has 2 N–H and O–H groups in total. The van der Waals surface area contributed by atoms with Gasteiger partial charge in [0.1, 0.15) is 23.5 Å². The molecule has 6 rings (SSSR count). The highest BCUT2D eigenvalue weighted by molar-refractivity contribution is 5.83. The van der Waals surface area contributed by atoms with Crippen molar-refractivity contribution in [2.24, 2.45) is 0 Å². The minimum Gasteiger partial charge on any atom is -0.508 e. The van der Waals surface area contributed by atoms with E-state index >= 15 is 0 Å². The lowest BCUT2D eigenvalue weighted by atomic mass is 9.91. The number of halogens is 1. The molecule has 37 heavy (non-hydrogen) atoms. The first-order valence-electron chi connectivity index (χ1n) is 12.1. The van der Waals surface area contributed by atoms with Crippen LogP contribution in [-0.2, 0) is 24.1 Å². The number of nitrogens with one attached hydrogen (secondary N) is 1. The summed E-state index contributed by atoms with van der Waals surface area (Å²) in [4.78, 5) is 19.9. The number of carbonyl (C=O) groups excluding carboxylic acids is 1. The number of aryl methyl sites for hydroxylation is 2. The van der Waals surface area contributed by atoms with Crippen LogP contribution >= 0.6 is 0 Å². The van der Waals surface area contributed by atoms with Gasteiger partial charge in [0.2, 0.25) is 0 Å². The van der Waals surface area contributed by atoms with Crippen molar-refractivity contribution in [1.82, 2.24) is 9.97 Å². The maximum absolute atomic E-state index is 13.5. The zero-order valence-electron chi connectivity index (χ0n) is 20.4. The highest BCUT2D eigenvalue weighted by atomic mass is 19.1. The number of phenolic OH excluding ortho intramolecular Hbond substituents is 1. The molecule has 0 radical (unpaired) electrons. The third kappa shape index (κ3) is 5.19. The van der Waals surface area contributed by atoms with E-state index in [2.05, 4.69) is 23.5 Å². The van der Waals surface area contributed by atoms with E-state index in [1.807, 2.05) is 31.3 Å². The van der Waals surface area contributed by atoms with Crippen LogP contribution in [0.3, 0.4) is 0 Å². The van der Waals surface area contributed by atoms with E-state index in [-0.39, 0.29) is 11.6 Å². The van der Waals surface area contributed by atoms with Crippen LogP contribution in [0.5, 0.6) is 5.75 Å². The Bertz CT molecular complexity index is 1570. The van der Waals surface area contributed by atoms with E-state index in [0.717, 1.165) is 52.8 Å². The van der Waals surface area contributed by atoms with Crippen molar-refractivity contribution in [2.75, 3.05) is 12.4 Å². The molecular weight excluding hydrogens is 465 g/mol. The fourth-order valence-electron chi connectivity index (χ4n) is 4.57. The number of aldehydes is 1. The predicted molar refractivity (Wildman–Crippen MR) is 145 cm³/mol. The molecule has 1 aromatic heterocycles. The highest BCUT2D eigenvalue weighted by Gasteiger charge is 2.22. The molecule has 0 atom stereocenters. The summed E-state index contributed by atoms with van der Waals surface area (Å²) in [5, 5.41) is 15.0. The smallest absolute Gasteiger partial charge is 0.152 e. The summed E-state index contributed by atoms with van der Waals surface area (Å²) < 4.78 is 13.5. The average molecular weight is 492 g/mol. The second-order valence-corrected chi connectivity index (χ2v) is 8.87. The number of phenols is 1. The molecule has 0 spiro atoms. The number of hydrogen-bond donors (Lipinski definition) is 2. The highest BCUT2D eigenvalue weighted by Crippen LogP contribution is 2.36. The van der Waals surface area contributed by atoms with Crippen LogP contribution in [0.25, 0.3) is 33.3 Å². The van der Waals surface area contributed by atoms with Gasteiger partial charge in [-0.15, -0.1) is 0 Å². The van der Waals surface area contributed by atoms with Crippen LogP contribution in [0, 0.1) is 5.82 Å². The third-order valence-electron chi connectivity index (χ3n) is 6.43. The summed E-state index contributed by atoms with van der Waals surface area (Å²) in [5.41, 5.74) is 6.28. The fraction of sp³-hybridized carbons (Fsp3) is 0.129. The molecule has 5 nitrogen and oxygen atoms in total. The van der Waals surface area contributed by atoms with Crippen molar-refractivity contribution < 1.29 is 14.3 Å². The number of benzene rings is 4. The Morgan fingerprint density at radius 1 is 0.892 bits per heavy atom. The van der Waals surface area contributed by atoms with Crippen LogP contribution in [-0.4, -0.2) is 28.4 Å². The van der Waals surface area contributed by atoms with Gasteiger partial charge in [-0.3, -0.25) is 0 Å². The first-order valence-corrected chi connectivity index (χ1v) is 12.1. The molecule has 1 aliphatic carbocycles. The number of rotatable bonds is 4. The normalized spacial score (nSPS) is 11.6. The zero-order chi connectivity index (χ0) is 25.8. The van der Waals surface area contributed by atoms with Crippen molar-refractivity contribution >= 4 is 22.9 Å². The second-order valence-electron chi connectivity index (χ2n) is 8.87. The van der Waals surface area contributed by atoms with E-state index in [9.17, 15) is 14.3 Å². The number of carbonyl (C=O) groups is 1. The van der Waals surface area contributed by atoms with E-state index < -0.39 is 0 Å². The number of nitrogens with zero attached hydrogens (tertiary/aromatic N) is 2. The summed E-state index contributed by atoms with van der Waals surface area (Å²) in [5.74, 6) is 0.678. The molecule has 5 aromatic rings. The number of aromatic hydroxyl groups is 1. The standard InChI is InChI=1S/C19H16FN3O.C12H10O/c1-21-19-17(11-2-6-14(24)7-3-11)23-18-15-8-5-13(20)10-12(15)4-9-16(18)22-19;13-8-7-10-5-6-11-3-1-2-4-12(11)9-10/h2-3,5-8,10,24H,4,9H2,1H3,(H,21,22);1-6,8-9H,7H2. The van der Waals surface area contributed by atoms with Crippen molar-refractivity contribution in [2.45, 2.75) is 19.3 Å². The maximum Gasteiger partial charge on any atom is 0.152 e. The zero-order valence-corrected chi connectivity index (χ0v) is 20.4. The van der Waals surface area contributed by atoms with Gasteiger partial charge in [-0.2, -0.15) is 0 Å². The van der Waals surface area contributed by atoms with Gasteiger partial charge in [0.15, 0.2) is 5.82 Å². The lowest BCUT2D eigenvalue weighted by Gasteiger charge is -2.20. The van der Waals surface area contributed by atoms with Crippen molar-refractivity contribution in [3.05, 3.63) is 108 Å². The monoisotopic (exact) mass is 491 g/mol. The Kier molecular flexibility index (Phi) is 6.90. The Labute approximate surface area is 214 Å². The van der Waals surface area contributed by atoms with Gasteiger partial charge in [-0.1, -0.05) is 42.5 Å². The summed E-state index contributed by atoms with van der Waals surface area (Å²) in [7, 11) is 1.81. The summed E-state index contributed by atoms with van der Waals surface area (Å²) in [6.45, 7) is 0. The molecule has 0 amide bonds. The van der Waals surface area contributed by atoms with E-state index in [0.29, 0.717) is 17.9 Å². The number of hydrogen-bond acceptors (Lipinski definition) is 5. The predicted octanol–water partition coefficient (Wildman–Crippen LogP) is 6.38. The molecule has 1 heterocycles. The van der Waals surface area contributed by atoms with Crippen LogP contribution in [0.4, 0.5) is 10.2 Å². The molecule has 0 unspecified atom stereocenters. The molecule has 0 bridgehead atoms. The molecule has 184 valence electrons. The molecule has 0 aliphatic heterocycles. The van der Waals surface area contributed by atoms with E-state index in [1.54, 1.807) is 36.4 Å². The Morgan fingerprint density at radius 2 is 1.68 bits per heavy atom. The largest absolute Gasteiger partial charge is 0.508 e. The molecule has 0 saturated carbocycles. The Hall–Kier alpha value is -4.58. The van der Waals surface area contributed by atoms with Crippen LogP contribution in [0.1, 0.15) is 16.8 Å². The SMILES string of the molecule is CNc1nc2c(nc1-c1ccc(O)cc1)-c1ccc(F)cc1CC2.O=CCc1ccc2ccccc2c1. The molecular formula is C31H26FN3O2. The summed E-state index contributed by atoms with van der Waals surface area (Å²) >= 11 is 0. The Morgan fingerprint density at radius 3 is 2.43 bits per heavy atom. The minimum absolute atomic E-state index is 0.205. The molecule has 1 aliphatic rings. The van der Waals surface area contributed by atoms with Crippen molar-refractivity contribution in [3.8, 4) is 28.3 Å². The molecule has 6 heteroatoms. The fourth-order valence-corrected chi connectivity index (χ4v) is 4.57. The summed E-state index contributed by atoms with van der Waals surface area (Å²) in [6.07, 6.45) is 2.94. The second kappa shape index (κ2) is 10.6. The number of anilines is 1. The van der Waals surface area contributed by atoms with Gasteiger partial charge in [-0.05, 0) is 77.2 Å². The van der Waals surface area contributed by atoms with Gasteiger partial charge in [0.25, 0.3) is 0 Å². The number of fused-ring (bicyclic) bond motifs is 4. The average Bonchev–Trinajstić information content (AvgIpc) is 2.93. The Balaban J connectivity index is 0.000000182. The van der Waals surface area contributed by atoms with Gasteiger partial charge in [-0.25, -0.2) is 14.4 Å². The lowest BCUT2D eigenvalue weighted by molar-refractivity contribution is -0.107. The first-order chi connectivity index (χ1) is 18.1. The molecule has 0 saturated heterocycles. The van der Waals surface area contributed by atoms with E-state index in [4.69, 9.17) is 9.97 Å². The summed E-state index contributed by atoms with van der Waals surface area (Å²) in [6, 6.07) is 25.9. The quantitative estimate of drug-likeness (QED) is 0.286. The number of aromatic nitrogens is 2. The van der Waals surface area contributed by atoms with Crippen molar-refractivity contribution in [1.29, 1.82) is 0 Å². The minimum atomic E-state index is -0.226. The van der Waals surface area contributed by atoms with Gasteiger partial charge in [0.05, 0.1) is 11.4 Å². The van der Waals surface area contributed by atoms with Crippen LogP contribution in [0.2, 0.25) is 0 Å². The van der Waals surface area contributed by atoms with E-state index in [1.165, 1.54) is 16.8 Å². The topological polar surface area (TPSA) is 75.1 Å². The van der Waals surface area contributed by atoms with Gasteiger partial charge >= 0.3 is 0 Å². The van der Waals surface area contributed by atoms with Crippen LogP contribution in [0.15, 0.2) is 84.9 Å². The lowest BCUT2D eigenvalue weighted by Crippen LogP contribution is -2.11. The first kappa shape index (κ1) is 24.1. The van der Waals surface area contributed by atoms with Gasteiger partial charge in [0, 0.05) is 24.6 Å². The molecule has 0 fully saturated rings. The third-order valence-corrected chi connectivity index (χ3v) is 6.43. The van der Waals surface area contributed by atoms with Crippen molar-refractivity contribution in [3.63, 3.8) is 0 Å².